The lowest BCUT2D eigenvalue weighted by Crippen LogP contribution is -1.82. The molecule has 1 unspecified atom stereocenters. The Labute approximate surface area is 108 Å². The molecule has 2 aromatic rings. The van der Waals surface area contributed by atoms with Gasteiger partial charge in [0.2, 0.25) is 0 Å². The van der Waals surface area contributed by atoms with Gasteiger partial charge in [-0.05, 0) is 76.2 Å². The molecule has 0 fully saturated rings. The fourth-order valence-corrected chi connectivity index (χ4v) is 9.06. The van der Waals surface area contributed by atoms with Crippen molar-refractivity contribution in [1.82, 2.24) is 0 Å². The lowest BCUT2D eigenvalue weighted by atomic mass is 10.1. The molecule has 2 heterocycles. The first-order valence-electron chi connectivity index (χ1n) is 5.76. The van der Waals surface area contributed by atoms with Gasteiger partial charge in [-0.1, -0.05) is 22.0 Å². The standard InChI is InChI=1S/C13H17BrP2/c1-5-10-11(6-2)16(14)13-9(4)8(3)7-15-12(10)13/h7H,5-6H2,1-4H3. The smallest absolute Gasteiger partial charge is 0.0199 e. The molecule has 0 aliphatic rings. The summed E-state index contributed by atoms with van der Waals surface area (Å²) in [6.45, 7) is 9.08. The van der Waals surface area contributed by atoms with Gasteiger partial charge in [0.15, 0.2) is 0 Å². The van der Waals surface area contributed by atoms with E-state index in [1.165, 1.54) is 32.2 Å². The lowest BCUT2D eigenvalue weighted by Gasteiger charge is -2.02. The molecule has 1 atom stereocenters. The summed E-state index contributed by atoms with van der Waals surface area (Å²) in [5, 5.41) is 4.88. The summed E-state index contributed by atoms with van der Waals surface area (Å²) in [6, 6.07) is 0. The summed E-state index contributed by atoms with van der Waals surface area (Å²) < 4.78 is 0. The van der Waals surface area contributed by atoms with Gasteiger partial charge >= 0.3 is 0 Å². The molecule has 0 spiro atoms. The van der Waals surface area contributed by atoms with E-state index in [1.54, 1.807) is 21.1 Å². The van der Waals surface area contributed by atoms with E-state index < -0.39 is 0 Å². The van der Waals surface area contributed by atoms with Gasteiger partial charge in [0.1, 0.15) is 0 Å². The quantitative estimate of drug-likeness (QED) is 0.609. The van der Waals surface area contributed by atoms with Gasteiger partial charge in [-0.25, -0.2) is 0 Å². The predicted molar refractivity (Wildman–Crippen MR) is 81.7 cm³/mol. The number of rotatable bonds is 2. The van der Waals surface area contributed by atoms with E-state index in [4.69, 9.17) is 0 Å². The zero-order valence-electron chi connectivity index (χ0n) is 10.3. The summed E-state index contributed by atoms with van der Waals surface area (Å²) in [6.07, 6.45) is 2.16. The minimum atomic E-state index is -0.210. The molecule has 0 bridgehead atoms. The van der Waals surface area contributed by atoms with Crippen LogP contribution in [0.3, 0.4) is 0 Å². The Bertz CT molecular complexity index is 541. The zero-order chi connectivity index (χ0) is 11.9. The minimum Gasteiger partial charge on any atom is -0.0668 e. The summed E-state index contributed by atoms with van der Waals surface area (Å²) in [5.74, 6) is 2.36. The van der Waals surface area contributed by atoms with Crippen LogP contribution in [0.5, 0.6) is 0 Å². The third-order valence-corrected chi connectivity index (χ3v) is 9.12. The predicted octanol–water partition coefficient (Wildman–Crippen LogP) is 6.31. The van der Waals surface area contributed by atoms with Crippen molar-refractivity contribution in [1.29, 1.82) is 0 Å². The molecule has 0 saturated heterocycles. The fourth-order valence-electron chi connectivity index (χ4n) is 2.26. The van der Waals surface area contributed by atoms with Gasteiger partial charge < -0.3 is 0 Å². The Balaban J connectivity index is 2.93. The Hall–Kier alpha value is 0.170. The van der Waals surface area contributed by atoms with E-state index in [0.29, 0.717) is 0 Å². The van der Waals surface area contributed by atoms with E-state index in [9.17, 15) is 0 Å². The van der Waals surface area contributed by atoms with Crippen LogP contribution in [0.15, 0.2) is 5.80 Å². The highest BCUT2D eigenvalue weighted by molar-refractivity contribution is 9.38. The maximum atomic E-state index is 3.95. The van der Waals surface area contributed by atoms with E-state index >= 15 is 0 Å². The first-order chi connectivity index (χ1) is 7.61. The van der Waals surface area contributed by atoms with Gasteiger partial charge in [0.25, 0.3) is 0 Å². The van der Waals surface area contributed by atoms with Crippen molar-refractivity contribution >= 4 is 40.2 Å². The molecule has 86 valence electrons. The van der Waals surface area contributed by atoms with Crippen LogP contribution >= 0.6 is 29.9 Å². The second kappa shape index (κ2) is 4.81. The summed E-state index contributed by atoms with van der Waals surface area (Å²) >= 11 is 3.95. The fraction of sp³-hybridized carbons (Fsp3) is 0.462. The minimum absolute atomic E-state index is 0.210. The second-order valence-electron chi connectivity index (χ2n) is 4.18. The molecule has 0 amide bonds. The summed E-state index contributed by atoms with van der Waals surface area (Å²) in [5.41, 5.74) is 4.59. The molecule has 0 aliphatic carbocycles. The molecule has 0 aromatic carbocycles. The monoisotopic (exact) mass is 314 g/mol. The van der Waals surface area contributed by atoms with Crippen molar-refractivity contribution in [2.45, 2.75) is 40.5 Å². The topological polar surface area (TPSA) is 0 Å². The molecule has 2 rings (SSSR count). The molecular weight excluding hydrogens is 298 g/mol. The third kappa shape index (κ3) is 1.78. The van der Waals surface area contributed by atoms with Gasteiger partial charge in [0.05, 0.1) is 0 Å². The van der Waals surface area contributed by atoms with Crippen LogP contribution in [-0.4, -0.2) is 0 Å². The van der Waals surface area contributed by atoms with Crippen molar-refractivity contribution in [3.8, 4) is 0 Å². The molecule has 0 radical (unpaired) electrons. The number of aryl methyl sites for hydroxylation is 3. The van der Waals surface area contributed by atoms with E-state index in [0.717, 1.165) is 0 Å². The SMILES string of the molecule is CCc1c(CC)p(Br)c2c(C)c(C)cpc12. The van der Waals surface area contributed by atoms with Crippen molar-refractivity contribution in [2.24, 2.45) is 0 Å². The molecule has 3 heteroatoms. The molecule has 0 saturated carbocycles. The summed E-state index contributed by atoms with van der Waals surface area (Å²) in [7, 11) is 1.41. The van der Waals surface area contributed by atoms with Crippen LogP contribution in [0.2, 0.25) is 0 Å². The highest BCUT2D eigenvalue weighted by Gasteiger charge is 2.16. The lowest BCUT2D eigenvalue weighted by molar-refractivity contribution is 1.09. The van der Waals surface area contributed by atoms with E-state index in [2.05, 4.69) is 49.0 Å². The number of halogens is 1. The first-order valence-corrected chi connectivity index (χ1v) is 10.1. The molecule has 0 aliphatic heterocycles. The largest absolute Gasteiger partial charge is 0.0668 e. The van der Waals surface area contributed by atoms with Crippen molar-refractivity contribution in [3.63, 3.8) is 0 Å². The average Bonchev–Trinajstić information content (AvgIpc) is 2.56. The average molecular weight is 315 g/mol. The van der Waals surface area contributed by atoms with Crippen LogP contribution in [-0.2, 0) is 12.8 Å². The highest BCUT2D eigenvalue weighted by atomic mass is 79.9. The van der Waals surface area contributed by atoms with Gasteiger partial charge in [-0.15, -0.1) is 0 Å². The van der Waals surface area contributed by atoms with Gasteiger partial charge in [-0.2, -0.15) is 0 Å². The molecular formula is C13H17BrP2. The Morgan fingerprint density at radius 3 is 2.50 bits per heavy atom. The molecule has 2 aromatic heterocycles. The van der Waals surface area contributed by atoms with Crippen LogP contribution in [0.25, 0.3) is 10.2 Å². The Morgan fingerprint density at radius 2 is 1.94 bits per heavy atom. The van der Waals surface area contributed by atoms with Gasteiger partial charge in [-0.3, -0.25) is 0 Å². The number of fused-ring (bicyclic) bond motifs is 1. The van der Waals surface area contributed by atoms with Crippen LogP contribution < -0.4 is 0 Å². The Morgan fingerprint density at radius 1 is 1.25 bits per heavy atom. The molecule has 0 N–H and O–H groups in total. The zero-order valence-corrected chi connectivity index (χ0v) is 13.6. The molecule has 16 heavy (non-hydrogen) atoms. The maximum Gasteiger partial charge on any atom is 0.0199 e. The van der Waals surface area contributed by atoms with Gasteiger partial charge in [0, 0.05) is 10.2 Å². The van der Waals surface area contributed by atoms with E-state index in [1.807, 2.05) is 0 Å². The van der Waals surface area contributed by atoms with Crippen LogP contribution in [0.1, 0.15) is 35.8 Å². The second-order valence-corrected chi connectivity index (χ2v) is 8.82. The first kappa shape index (κ1) is 12.6. The van der Waals surface area contributed by atoms with Crippen molar-refractivity contribution in [3.05, 3.63) is 27.8 Å². The highest BCUT2D eigenvalue weighted by Crippen LogP contribution is 2.56. The van der Waals surface area contributed by atoms with Crippen LogP contribution in [0.4, 0.5) is 0 Å². The Kier molecular flexibility index (Phi) is 3.79. The normalized spacial score (nSPS) is 12.9. The number of hydrogen-bond acceptors (Lipinski definition) is 0. The van der Waals surface area contributed by atoms with Crippen molar-refractivity contribution < 1.29 is 0 Å². The van der Waals surface area contributed by atoms with E-state index in [-0.39, 0.29) is 6.24 Å². The van der Waals surface area contributed by atoms with Crippen LogP contribution in [0, 0.1) is 13.8 Å². The molecule has 0 nitrogen and oxygen atoms in total. The van der Waals surface area contributed by atoms with Crippen molar-refractivity contribution in [2.75, 3.05) is 0 Å². The maximum absolute atomic E-state index is 3.95. The summed E-state index contributed by atoms with van der Waals surface area (Å²) in [4.78, 5) is 0. The third-order valence-electron chi connectivity index (χ3n) is 3.31. The number of hydrogen-bond donors (Lipinski definition) is 0.